The molecule has 0 bridgehead atoms. The molecule has 1 N–H and O–H groups in total. The number of anilines is 1. The molecule has 0 saturated heterocycles. The Labute approximate surface area is 155 Å². The van der Waals surface area contributed by atoms with Crippen molar-refractivity contribution < 1.29 is 28.6 Å². The third kappa shape index (κ3) is 2.95. The standard InChI is InChI=1S/C19H18N2O6/c1-21-18(23)11-6-5-7-12(15(11)19(21)24)20-17(22)10-8-13(25-2)16(27-4)14(9-10)26-3/h5-9H,1-4H3,(H,20,22). The number of hydrogen-bond acceptors (Lipinski definition) is 6. The van der Waals surface area contributed by atoms with E-state index in [1.54, 1.807) is 18.2 Å². The number of rotatable bonds is 5. The number of nitrogens with one attached hydrogen (secondary N) is 1. The molecule has 0 atom stereocenters. The number of hydrogen-bond donors (Lipinski definition) is 1. The first-order valence-electron chi connectivity index (χ1n) is 7.99. The van der Waals surface area contributed by atoms with Gasteiger partial charge < -0.3 is 19.5 Å². The van der Waals surface area contributed by atoms with Crippen LogP contribution in [0.25, 0.3) is 0 Å². The zero-order chi connectivity index (χ0) is 19.7. The highest BCUT2D eigenvalue weighted by atomic mass is 16.5. The van der Waals surface area contributed by atoms with E-state index in [2.05, 4.69) is 5.32 Å². The van der Waals surface area contributed by atoms with Crippen LogP contribution >= 0.6 is 0 Å². The molecular formula is C19H18N2O6. The van der Waals surface area contributed by atoms with Crippen molar-refractivity contribution in [3.05, 3.63) is 47.0 Å². The van der Waals surface area contributed by atoms with Gasteiger partial charge in [0.2, 0.25) is 5.75 Å². The lowest BCUT2D eigenvalue weighted by Crippen LogP contribution is -2.24. The summed E-state index contributed by atoms with van der Waals surface area (Å²) in [6.45, 7) is 0. The lowest BCUT2D eigenvalue weighted by molar-refractivity contribution is 0.0693. The van der Waals surface area contributed by atoms with Crippen LogP contribution in [0.4, 0.5) is 5.69 Å². The molecular weight excluding hydrogens is 352 g/mol. The van der Waals surface area contributed by atoms with E-state index < -0.39 is 17.7 Å². The Morgan fingerprint density at radius 1 is 0.963 bits per heavy atom. The second kappa shape index (κ2) is 6.99. The fraction of sp³-hybridized carbons (Fsp3) is 0.211. The minimum atomic E-state index is -0.488. The normalized spacial score (nSPS) is 12.7. The van der Waals surface area contributed by atoms with Gasteiger partial charge in [-0.2, -0.15) is 0 Å². The number of methoxy groups -OCH3 is 3. The number of ether oxygens (including phenoxy) is 3. The Morgan fingerprint density at radius 2 is 1.59 bits per heavy atom. The van der Waals surface area contributed by atoms with E-state index in [1.165, 1.54) is 40.5 Å². The van der Waals surface area contributed by atoms with Crippen LogP contribution in [-0.4, -0.2) is 51.0 Å². The Morgan fingerprint density at radius 3 is 2.15 bits per heavy atom. The van der Waals surface area contributed by atoms with Gasteiger partial charge in [-0.15, -0.1) is 0 Å². The molecule has 2 aromatic rings. The molecule has 0 spiro atoms. The van der Waals surface area contributed by atoms with Gasteiger partial charge in [0.25, 0.3) is 17.7 Å². The first kappa shape index (κ1) is 18.2. The molecule has 0 unspecified atom stereocenters. The molecule has 0 radical (unpaired) electrons. The number of fused-ring (bicyclic) bond motifs is 1. The van der Waals surface area contributed by atoms with Crippen molar-refractivity contribution in [3.8, 4) is 17.2 Å². The topological polar surface area (TPSA) is 94.2 Å². The molecule has 140 valence electrons. The summed E-state index contributed by atoms with van der Waals surface area (Å²) in [7, 11) is 5.76. The second-order valence-electron chi connectivity index (χ2n) is 5.77. The van der Waals surface area contributed by atoms with Crippen LogP contribution in [0, 0.1) is 0 Å². The largest absolute Gasteiger partial charge is 0.493 e. The van der Waals surface area contributed by atoms with E-state index in [9.17, 15) is 14.4 Å². The van der Waals surface area contributed by atoms with Crippen LogP contribution in [0.2, 0.25) is 0 Å². The van der Waals surface area contributed by atoms with Crippen molar-refractivity contribution in [2.75, 3.05) is 33.7 Å². The zero-order valence-electron chi connectivity index (χ0n) is 15.3. The maximum absolute atomic E-state index is 12.7. The van der Waals surface area contributed by atoms with Crippen molar-refractivity contribution in [2.45, 2.75) is 0 Å². The predicted molar refractivity (Wildman–Crippen MR) is 96.9 cm³/mol. The monoisotopic (exact) mass is 370 g/mol. The summed E-state index contributed by atoms with van der Waals surface area (Å²) >= 11 is 0. The smallest absolute Gasteiger partial charge is 0.263 e. The fourth-order valence-electron chi connectivity index (χ4n) is 2.91. The highest BCUT2D eigenvalue weighted by Crippen LogP contribution is 2.38. The van der Waals surface area contributed by atoms with Crippen molar-refractivity contribution in [1.29, 1.82) is 0 Å². The quantitative estimate of drug-likeness (QED) is 0.811. The number of benzene rings is 2. The van der Waals surface area contributed by atoms with Gasteiger partial charge in [-0.1, -0.05) is 6.07 Å². The Hall–Kier alpha value is -3.55. The average molecular weight is 370 g/mol. The number of carbonyl (C=O) groups is 3. The average Bonchev–Trinajstić information content (AvgIpc) is 2.91. The summed E-state index contributed by atoms with van der Waals surface area (Å²) in [5.74, 6) is -0.343. The number of amides is 3. The highest BCUT2D eigenvalue weighted by Gasteiger charge is 2.35. The van der Waals surface area contributed by atoms with Gasteiger partial charge in [0, 0.05) is 12.6 Å². The molecule has 0 saturated carbocycles. The molecule has 0 aliphatic carbocycles. The van der Waals surface area contributed by atoms with E-state index in [4.69, 9.17) is 14.2 Å². The summed E-state index contributed by atoms with van der Waals surface area (Å²) in [5, 5.41) is 2.68. The summed E-state index contributed by atoms with van der Waals surface area (Å²) in [6.07, 6.45) is 0. The van der Waals surface area contributed by atoms with Crippen molar-refractivity contribution >= 4 is 23.4 Å². The molecule has 0 aromatic heterocycles. The van der Waals surface area contributed by atoms with Crippen LogP contribution < -0.4 is 19.5 Å². The van der Waals surface area contributed by atoms with Gasteiger partial charge >= 0.3 is 0 Å². The lowest BCUT2D eigenvalue weighted by Gasteiger charge is -2.14. The minimum Gasteiger partial charge on any atom is -0.493 e. The Balaban J connectivity index is 1.99. The van der Waals surface area contributed by atoms with E-state index in [1.807, 2.05) is 0 Å². The minimum absolute atomic E-state index is 0.172. The van der Waals surface area contributed by atoms with Crippen LogP contribution in [0.1, 0.15) is 31.1 Å². The third-order valence-electron chi connectivity index (χ3n) is 4.29. The number of imide groups is 1. The van der Waals surface area contributed by atoms with Crippen LogP contribution in [-0.2, 0) is 0 Å². The SMILES string of the molecule is COc1cc(C(=O)Nc2cccc3c2C(=O)N(C)C3=O)cc(OC)c1OC. The number of carbonyl (C=O) groups excluding carboxylic acids is 3. The van der Waals surface area contributed by atoms with Crippen molar-refractivity contribution in [1.82, 2.24) is 4.90 Å². The van der Waals surface area contributed by atoms with Crippen molar-refractivity contribution in [2.24, 2.45) is 0 Å². The van der Waals surface area contributed by atoms with E-state index >= 15 is 0 Å². The van der Waals surface area contributed by atoms with E-state index in [0.29, 0.717) is 17.2 Å². The van der Waals surface area contributed by atoms with Gasteiger partial charge in [0.05, 0.1) is 38.1 Å². The highest BCUT2D eigenvalue weighted by molar-refractivity contribution is 6.24. The fourth-order valence-corrected chi connectivity index (χ4v) is 2.91. The Bertz CT molecular complexity index is 928. The molecule has 1 heterocycles. The summed E-state index contributed by atoms with van der Waals surface area (Å²) in [4.78, 5) is 38.2. The second-order valence-corrected chi connectivity index (χ2v) is 5.77. The molecule has 1 aliphatic heterocycles. The lowest BCUT2D eigenvalue weighted by atomic mass is 10.1. The van der Waals surface area contributed by atoms with Gasteiger partial charge in [-0.3, -0.25) is 19.3 Å². The predicted octanol–water partition coefficient (Wildman–Crippen LogP) is 2.19. The van der Waals surface area contributed by atoms with Crippen LogP contribution in [0.3, 0.4) is 0 Å². The zero-order valence-corrected chi connectivity index (χ0v) is 15.3. The molecule has 0 fully saturated rings. The molecule has 3 rings (SSSR count). The molecule has 2 aromatic carbocycles. The van der Waals surface area contributed by atoms with E-state index in [-0.39, 0.29) is 22.4 Å². The van der Waals surface area contributed by atoms with Gasteiger partial charge in [-0.25, -0.2) is 0 Å². The molecule has 27 heavy (non-hydrogen) atoms. The maximum Gasteiger partial charge on any atom is 0.263 e. The van der Waals surface area contributed by atoms with Crippen molar-refractivity contribution in [3.63, 3.8) is 0 Å². The Kier molecular flexibility index (Phi) is 4.72. The van der Waals surface area contributed by atoms with Crippen LogP contribution in [0.15, 0.2) is 30.3 Å². The first-order chi connectivity index (χ1) is 12.9. The summed E-state index contributed by atoms with van der Waals surface area (Å²) in [6, 6.07) is 7.72. The molecule has 8 heteroatoms. The van der Waals surface area contributed by atoms with Gasteiger partial charge in [0.1, 0.15) is 0 Å². The van der Waals surface area contributed by atoms with Gasteiger partial charge in [-0.05, 0) is 24.3 Å². The summed E-state index contributed by atoms with van der Waals surface area (Å²) in [5.41, 5.74) is 0.928. The van der Waals surface area contributed by atoms with E-state index in [0.717, 1.165) is 4.90 Å². The van der Waals surface area contributed by atoms with Gasteiger partial charge in [0.15, 0.2) is 11.5 Å². The third-order valence-corrected chi connectivity index (χ3v) is 4.29. The molecule has 3 amide bonds. The molecule has 8 nitrogen and oxygen atoms in total. The molecule has 1 aliphatic rings. The van der Waals surface area contributed by atoms with Crippen LogP contribution in [0.5, 0.6) is 17.2 Å². The maximum atomic E-state index is 12.7. The summed E-state index contributed by atoms with van der Waals surface area (Å²) < 4.78 is 15.7. The first-order valence-corrected chi connectivity index (χ1v) is 7.99. The number of nitrogens with zero attached hydrogens (tertiary/aromatic N) is 1.